The number of hydrogen-bond acceptors (Lipinski definition) is 4. The Morgan fingerprint density at radius 2 is 1.74 bits per heavy atom. The monoisotopic (exact) mass is 269 g/mol. The van der Waals surface area contributed by atoms with Gasteiger partial charge < -0.3 is 14.7 Å². The molecule has 0 amide bonds. The number of carboxylic acid groups (broad SMARTS) is 2. The third kappa shape index (κ3) is 2.28. The highest BCUT2D eigenvalue weighted by atomic mass is 19.1. The molecule has 0 atom stereocenters. The standard InChI is InChI=1S/C11H5F2NO5/c12-6-2-7(13)5(10(15)16)1-4(6)9-3-8(11(17)18)14-19-9/h1-3H,(H,15,16)(H,17,18). The Balaban J connectivity index is 2.57. The summed E-state index contributed by atoms with van der Waals surface area (Å²) in [5.41, 5.74) is -1.63. The van der Waals surface area contributed by atoms with E-state index >= 15 is 0 Å². The van der Waals surface area contributed by atoms with Crippen LogP contribution in [0.5, 0.6) is 0 Å². The molecular weight excluding hydrogens is 264 g/mol. The van der Waals surface area contributed by atoms with E-state index in [2.05, 4.69) is 9.68 Å². The second kappa shape index (κ2) is 4.48. The predicted octanol–water partition coefficient (Wildman–Crippen LogP) is 2.02. The Bertz CT molecular complexity index is 680. The van der Waals surface area contributed by atoms with Crippen molar-refractivity contribution in [1.29, 1.82) is 0 Å². The van der Waals surface area contributed by atoms with Crippen LogP contribution in [0.25, 0.3) is 11.3 Å². The Morgan fingerprint density at radius 3 is 2.26 bits per heavy atom. The molecule has 0 spiro atoms. The van der Waals surface area contributed by atoms with Crippen molar-refractivity contribution in [3.8, 4) is 11.3 Å². The number of aromatic carboxylic acids is 2. The zero-order valence-electron chi connectivity index (χ0n) is 9.05. The third-order valence-corrected chi connectivity index (χ3v) is 2.28. The molecule has 0 radical (unpaired) electrons. The molecule has 2 rings (SSSR count). The van der Waals surface area contributed by atoms with Gasteiger partial charge in [-0.15, -0.1) is 0 Å². The minimum absolute atomic E-state index is 0.308. The zero-order valence-corrected chi connectivity index (χ0v) is 9.05. The van der Waals surface area contributed by atoms with Crippen molar-refractivity contribution in [2.45, 2.75) is 0 Å². The van der Waals surface area contributed by atoms with E-state index in [0.29, 0.717) is 12.1 Å². The molecule has 0 fully saturated rings. The summed E-state index contributed by atoms with van der Waals surface area (Å²) in [4.78, 5) is 21.3. The lowest BCUT2D eigenvalue weighted by molar-refractivity contribution is 0.0677. The van der Waals surface area contributed by atoms with Gasteiger partial charge in [0.1, 0.15) is 11.6 Å². The molecule has 1 heterocycles. The molecule has 6 nitrogen and oxygen atoms in total. The topological polar surface area (TPSA) is 101 Å². The number of carbonyl (C=O) groups is 2. The average molecular weight is 269 g/mol. The van der Waals surface area contributed by atoms with Crippen molar-refractivity contribution in [2.75, 3.05) is 0 Å². The van der Waals surface area contributed by atoms with Crippen molar-refractivity contribution in [1.82, 2.24) is 5.16 Å². The van der Waals surface area contributed by atoms with Crippen molar-refractivity contribution < 1.29 is 33.1 Å². The molecule has 19 heavy (non-hydrogen) atoms. The van der Waals surface area contributed by atoms with E-state index in [1.54, 1.807) is 0 Å². The highest BCUT2D eigenvalue weighted by Crippen LogP contribution is 2.26. The second-order valence-electron chi connectivity index (χ2n) is 3.50. The van der Waals surface area contributed by atoms with Crippen LogP contribution in [-0.2, 0) is 0 Å². The maximum atomic E-state index is 13.5. The van der Waals surface area contributed by atoms with Crippen molar-refractivity contribution in [3.05, 3.63) is 41.1 Å². The van der Waals surface area contributed by atoms with Crippen LogP contribution in [0.1, 0.15) is 20.8 Å². The largest absolute Gasteiger partial charge is 0.478 e. The number of benzene rings is 1. The number of rotatable bonds is 3. The highest BCUT2D eigenvalue weighted by Gasteiger charge is 2.20. The van der Waals surface area contributed by atoms with Crippen molar-refractivity contribution >= 4 is 11.9 Å². The minimum Gasteiger partial charge on any atom is -0.478 e. The summed E-state index contributed by atoms with van der Waals surface area (Å²) in [7, 11) is 0. The lowest BCUT2D eigenvalue weighted by Gasteiger charge is -2.02. The summed E-state index contributed by atoms with van der Waals surface area (Å²) in [6.45, 7) is 0. The van der Waals surface area contributed by atoms with Crippen LogP contribution in [0.15, 0.2) is 22.7 Å². The molecule has 8 heteroatoms. The Hall–Kier alpha value is -2.77. The Kier molecular flexibility index (Phi) is 2.99. The number of nitrogens with zero attached hydrogens (tertiary/aromatic N) is 1. The van der Waals surface area contributed by atoms with E-state index < -0.39 is 34.8 Å². The molecule has 0 saturated carbocycles. The molecule has 0 unspecified atom stereocenters. The molecule has 2 N–H and O–H groups in total. The van der Waals surface area contributed by atoms with Gasteiger partial charge in [-0.1, -0.05) is 5.16 Å². The quantitative estimate of drug-likeness (QED) is 0.883. The molecule has 0 aliphatic carbocycles. The van der Waals surface area contributed by atoms with Crippen LogP contribution in [0, 0.1) is 11.6 Å². The first kappa shape index (κ1) is 12.7. The summed E-state index contributed by atoms with van der Waals surface area (Å²) < 4.78 is 31.3. The number of aromatic nitrogens is 1. The molecule has 0 bridgehead atoms. The summed E-state index contributed by atoms with van der Waals surface area (Å²) in [6.07, 6.45) is 0. The number of halogens is 2. The predicted molar refractivity (Wildman–Crippen MR) is 55.8 cm³/mol. The zero-order chi connectivity index (χ0) is 14.2. The van der Waals surface area contributed by atoms with E-state index in [4.69, 9.17) is 10.2 Å². The van der Waals surface area contributed by atoms with Gasteiger partial charge in [0.2, 0.25) is 0 Å². The molecule has 1 aromatic carbocycles. The second-order valence-corrected chi connectivity index (χ2v) is 3.50. The van der Waals surface area contributed by atoms with Gasteiger partial charge in [-0.3, -0.25) is 0 Å². The molecule has 0 aliphatic heterocycles. The fourth-order valence-corrected chi connectivity index (χ4v) is 1.40. The lowest BCUT2D eigenvalue weighted by Crippen LogP contribution is -2.02. The van der Waals surface area contributed by atoms with Gasteiger partial charge in [0.25, 0.3) is 0 Å². The third-order valence-electron chi connectivity index (χ3n) is 2.28. The van der Waals surface area contributed by atoms with Crippen LogP contribution in [0.3, 0.4) is 0 Å². The summed E-state index contributed by atoms with van der Waals surface area (Å²) >= 11 is 0. The van der Waals surface area contributed by atoms with Crippen molar-refractivity contribution in [2.24, 2.45) is 0 Å². The fraction of sp³-hybridized carbons (Fsp3) is 0. The van der Waals surface area contributed by atoms with Crippen LogP contribution in [-0.4, -0.2) is 27.3 Å². The lowest BCUT2D eigenvalue weighted by atomic mass is 10.1. The molecule has 0 saturated heterocycles. The van der Waals surface area contributed by atoms with Gasteiger partial charge in [0.15, 0.2) is 11.5 Å². The van der Waals surface area contributed by atoms with E-state index in [0.717, 1.165) is 6.07 Å². The first-order valence-corrected chi connectivity index (χ1v) is 4.83. The summed E-state index contributed by atoms with van der Waals surface area (Å²) in [6, 6.07) is 1.99. The van der Waals surface area contributed by atoms with E-state index in [1.807, 2.05) is 0 Å². The van der Waals surface area contributed by atoms with Gasteiger partial charge in [-0.2, -0.15) is 0 Å². The number of hydrogen-bond donors (Lipinski definition) is 2. The normalized spacial score (nSPS) is 10.4. The number of carboxylic acids is 2. The van der Waals surface area contributed by atoms with Gasteiger partial charge in [0.05, 0.1) is 11.1 Å². The van der Waals surface area contributed by atoms with Crippen LogP contribution in [0.4, 0.5) is 8.78 Å². The van der Waals surface area contributed by atoms with E-state index in [-0.39, 0.29) is 11.3 Å². The van der Waals surface area contributed by atoms with E-state index in [9.17, 15) is 18.4 Å². The van der Waals surface area contributed by atoms with E-state index in [1.165, 1.54) is 0 Å². The van der Waals surface area contributed by atoms with Crippen LogP contribution in [0.2, 0.25) is 0 Å². The molecule has 2 aromatic rings. The van der Waals surface area contributed by atoms with Crippen molar-refractivity contribution in [3.63, 3.8) is 0 Å². The minimum atomic E-state index is -1.59. The molecule has 98 valence electrons. The van der Waals surface area contributed by atoms with Crippen LogP contribution >= 0.6 is 0 Å². The smallest absolute Gasteiger partial charge is 0.358 e. The van der Waals surface area contributed by atoms with Gasteiger partial charge in [-0.25, -0.2) is 18.4 Å². The Morgan fingerprint density at radius 1 is 1.05 bits per heavy atom. The maximum absolute atomic E-state index is 13.5. The van der Waals surface area contributed by atoms with Gasteiger partial charge in [-0.05, 0) is 6.07 Å². The Labute approximate surface area is 103 Å². The highest BCUT2D eigenvalue weighted by molar-refractivity contribution is 5.90. The molecule has 0 aliphatic rings. The fourth-order valence-electron chi connectivity index (χ4n) is 1.40. The maximum Gasteiger partial charge on any atom is 0.358 e. The first-order chi connectivity index (χ1) is 8.90. The SMILES string of the molecule is O=C(O)c1cc(-c2cc(C(=O)O)c(F)cc2F)on1. The summed E-state index contributed by atoms with van der Waals surface area (Å²) in [5.74, 6) is -5.62. The van der Waals surface area contributed by atoms with Gasteiger partial charge in [0, 0.05) is 12.1 Å². The molecular formula is C11H5F2NO5. The van der Waals surface area contributed by atoms with Gasteiger partial charge >= 0.3 is 11.9 Å². The van der Waals surface area contributed by atoms with Crippen LogP contribution < -0.4 is 0 Å². The summed E-state index contributed by atoms with van der Waals surface area (Å²) in [5, 5.41) is 20.5. The molecule has 1 aromatic heterocycles. The average Bonchev–Trinajstić information content (AvgIpc) is 2.77. The first-order valence-electron chi connectivity index (χ1n) is 4.83.